The number of aromatic nitrogens is 2. The average molecular weight is 315 g/mol. The third-order valence-corrected chi connectivity index (χ3v) is 4.31. The van der Waals surface area contributed by atoms with Crippen LogP contribution in [0.5, 0.6) is 5.75 Å². The highest BCUT2D eigenvalue weighted by Crippen LogP contribution is 2.31. The van der Waals surface area contributed by atoms with Crippen LogP contribution in [0.2, 0.25) is 0 Å². The van der Waals surface area contributed by atoms with E-state index in [-0.39, 0.29) is 6.61 Å². The monoisotopic (exact) mass is 315 g/mol. The Morgan fingerprint density at radius 1 is 1.26 bits per heavy atom. The molecule has 0 aliphatic heterocycles. The molecule has 124 valence electrons. The van der Waals surface area contributed by atoms with E-state index in [0.29, 0.717) is 19.7 Å². The summed E-state index contributed by atoms with van der Waals surface area (Å²) in [5.74, 6) is 1.90. The number of H-pyrrole nitrogens is 1. The third kappa shape index (κ3) is 3.92. The zero-order valence-electron chi connectivity index (χ0n) is 13.7. The van der Waals surface area contributed by atoms with Crippen LogP contribution in [0.3, 0.4) is 0 Å². The van der Waals surface area contributed by atoms with Crippen molar-refractivity contribution in [1.29, 1.82) is 0 Å². The molecule has 1 aliphatic rings. The summed E-state index contributed by atoms with van der Waals surface area (Å²) in [7, 11) is 0. The first-order valence-corrected chi connectivity index (χ1v) is 8.39. The lowest BCUT2D eigenvalue weighted by Crippen LogP contribution is -2.27. The van der Waals surface area contributed by atoms with Crippen LogP contribution in [0, 0.1) is 0 Å². The lowest BCUT2D eigenvalue weighted by atomic mass is 10.0. The molecule has 1 aromatic carbocycles. The number of hydrogen-bond acceptors (Lipinski definition) is 4. The van der Waals surface area contributed by atoms with E-state index < -0.39 is 0 Å². The lowest BCUT2D eigenvalue weighted by molar-refractivity contribution is 0.179. The topological polar surface area (TPSA) is 61.4 Å². The van der Waals surface area contributed by atoms with Gasteiger partial charge < -0.3 is 14.8 Å². The van der Waals surface area contributed by atoms with E-state index in [2.05, 4.69) is 27.0 Å². The molecule has 2 aromatic rings. The van der Waals surface area contributed by atoms with E-state index in [4.69, 9.17) is 4.74 Å². The van der Waals surface area contributed by atoms with E-state index in [0.717, 1.165) is 31.0 Å². The van der Waals surface area contributed by atoms with Crippen molar-refractivity contribution in [2.75, 3.05) is 19.8 Å². The van der Waals surface area contributed by atoms with Gasteiger partial charge in [0.2, 0.25) is 0 Å². The summed E-state index contributed by atoms with van der Waals surface area (Å²) in [5.41, 5.74) is 4.08. The Kier molecular flexibility index (Phi) is 5.31. The zero-order chi connectivity index (χ0) is 16.1. The fourth-order valence-electron chi connectivity index (χ4n) is 3.26. The van der Waals surface area contributed by atoms with Gasteiger partial charge in [0.05, 0.1) is 19.8 Å². The average Bonchev–Trinajstić information content (AvgIpc) is 3.19. The fraction of sp³-hybridized carbons (Fsp3) is 0.500. The van der Waals surface area contributed by atoms with Gasteiger partial charge in [-0.15, -0.1) is 0 Å². The van der Waals surface area contributed by atoms with Crippen LogP contribution in [0.1, 0.15) is 35.9 Å². The standard InChI is InChI=1S/C18H25N3O2/c1-2-23-17-11-15-5-3-4-14(15)10-16(17)12-21(8-9-22)13-18-19-6-7-20-18/h6-7,10-11,22H,2-5,8-9,12-13H2,1H3,(H,19,20). The summed E-state index contributed by atoms with van der Waals surface area (Å²) in [6.45, 7) is 4.88. The minimum absolute atomic E-state index is 0.135. The smallest absolute Gasteiger partial charge is 0.124 e. The maximum atomic E-state index is 9.37. The van der Waals surface area contributed by atoms with E-state index in [1.807, 2.05) is 13.1 Å². The first kappa shape index (κ1) is 16.0. The molecule has 0 unspecified atom stereocenters. The number of aliphatic hydroxyl groups excluding tert-OH is 1. The van der Waals surface area contributed by atoms with Gasteiger partial charge in [-0.25, -0.2) is 4.98 Å². The lowest BCUT2D eigenvalue weighted by Gasteiger charge is -2.22. The minimum Gasteiger partial charge on any atom is -0.494 e. The van der Waals surface area contributed by atoms with Crippen LogP contribution in [0.4, 0.5) is 0 Å². The molecule has 23 heavy (non-hydrogen) atoms. The van der Waals surface area contributed by atoms with Crippen LogP contribution in [-0.4, -0.2) is 39.7 Å². The molecule has 1 aliphatic carbocycles. The van der Waals surface area contributed by atoms with Gasteiger partial charge in [0.1, 0.15) is 11.6 Å². The van der Waals surface area contributed by atoms with Crippen LogP contribution < -0.4 is 4.74 Å². The SMILES string of the molecule is CCOc1cc2c(cc1CN(CCO)Cc1ncc[nH]1)CCC2. The molecular formula is C18H25N3O2. The number of aryl methyl sites for hydroxylation is 2. The number of imidazole rings is 1. The highest BCUT2D eigenvalue weighted by atomic mass is 16.5. The van der Waals surface area contributed by atoms with Crippen molar-refractivity contribution in [3.63, 3.8) is 0 Å². The van der Waals surface area contributed by atoms with E-state index >= 15 is 0 Å². The molecule has 0 spiro atoms. The van der Waals surface area contributed by atoms with Crippen molar-refractivity contribution < 1.29 is 9.84 Å². The second-order valence-electron chi connectivity index (χ2n) is 5.99. The summed E-state index contributed by atoms with van der Waals surface area (Å²) in [5, 5.41) is 9.37. The Bertz CT molecular complexity index is 625. The second-order valence-corrected chi connectivity index (χ2v) is 5.99. The molecule has 0 amide bonds. The van der Waals surface area contributed by atoms with Gasteiger partial charge in [-0.3, -0.25) is 4.90 Å². The quantitative estimate of drug-likeness (QED) is 0.784. The Hall–Kier alpha value is -1.85. The highest BCUT2D eigenvalue weighted by molar-refractivity contribution is 5.44. The molecule has 0 atom stereocenters. The van der Waals surface area contributed by atoms with Gasteiger partial charge in [-0.05, 0) is 43.4 Å². The number of aromatic amines is 1. The number of benzene rings is 1. The first-order valence-electron chi connectivity index (χ1n) is 8.39. The molecule has 3 rings (SSSR count). The number of aliphatic hydroxyl groups is 1. The van der Waals surface area contributed by atoms with Crippen molar-refractivity contribution >= 4 is 0 Å². The number of nitrogens with one attached hydrogen (secondary N) is 1. The molecule has 1 aromatic heterocycles. The van der Waals surface area contributed by atoms with Crippen molar-refractivity contribution in [1.82, 2.24) is 14.9 Å². The Morgan fingerprint density at radius 2 is 2.09 bits per heavy atom. The summed E-state index contributed by atoms with van der Waals surface area (Å²) in [6, 6.07) is 4.50. The van der Waals surface area contributed by atoms with Crippen LogP contribution in [0.15, 0.2) is 24.5 Å². The molecule has 0 fully saturated rings. The van der Waals surface area contributed by atoms with Crippen molar-refractivity contribution in [2.24, 2.45) is 0 Å². The van der Waals surface area contributed by atoms with E-state index in [1.54, 1.807) is 6.20 Å². The normalized spacial score (nSPS) is 13.5. The van der Waals surface area contributed by atoms with Gasteiger partial charge in [0.15, 0.2) is 0 Å². The van der Waals surface area contributed by atoms with Crippen LogP contribution >= 0.6 is 0 Å². The van der Waals surface area contributed by atoms with Gasteiger partial charge in [0, 0.05) is 31.0 Å². The molecule has 0 saturated carbocycles. The van der Waals surface area contributed by atoms with Gasteiger partial charge in [-0.1, -0.05) is 6.07 Å². The molecule has 5 nitrogen and oxygen atoms in total. The third-order valence-electron chi connectivity index (χ3n) is 4.31. The van der Waals surface area contributed by atoms with Gasteiger partial charge in [0.25, 0.3) is 0 Å². The summed E-state index contributed by atoms with van der Waals surface area (Å²) < 4.78 is 5.86. The Morgan fingerprint density at radius 3 is 2.78 bits per heavy atom. The maximum Gasteiger partial charge on any atom is 0.124 e. The van der Waals surface area contributed by atoms with Gasteiger partial charge >= 0.3 is 0 Å². The maximum absolute atomic E-state index is 9.37. The Balaban J connectivity index is 1.80. The Labute approximate surface area is 137 Å². The molecule has 0 saturated heterocycles. The van der Waals surface area contributed by atoms with E-state index in [1.165, 1.54) is 23.1 Å². The van der Waals surface area contributed by atoms with Gasteiger partial charge in [-0.2, -0.15) is 0 Å². The molecule has 5 heteroatoms. The molecule has 1 heterocycles. The molecule has 2 N–H and O–H groups in total. The van der Waals surface area contributed by atoms with Crippen LogP contribution in [0.25, 0.3) is 0 Å². The summed E-state index contributed by atoms with van der Waals surface area (Å²) in [6.07, 6.45) is 7.13. The number of fused-ring (bicyclic) bond motifs is 1. The van der Waals surface area contributed by atoms with Crippen molar-refractivity contribution in [2.45, 2.75) is 39.3 Å². The predicted molar refractivity (Wildman–Crippen MR) is 89.4 cm³/mol. The summed E-state index contributed by atoms with van der Waals surface area (Å²) >= 11 is 0. The first-order chi connectivity index (χ1) is 11.3. The number of hydrogen-bond donors (Lipinski definition) is 2. The highest BCUT2D eigenvalue weighted by Gasteiger charge is 2.17. The molecule has 0 bridgehead atoms. The van der Waals surface area contributed by atoms with Crippen LogP contribution in [-0.2, 0) is 25.9 Å². The largest absolute Gasteiger partial charge is 0.494 e. The minimum atomic E-state index is 0.135. The second kappa shape index (κ2) is 7.62. The number of rotatable bonds is 8. The number of ether oxygens (including phenoxy) is 1. The van der Waals surface area contributed by atoms with Crippen molar-refractivity contribution in [3.8, 4) is 5.75 Å². The number of nitrogens with zero attached hydrogens (tertiary/aromatic N) is 2. The summed E-state index contributed by atoms with van der Waals surface area (Å²) in [4.78, 5) is 9.61. The molecule has 0 radical (unpaired) electrons. The fourth-order valence-corrected chi connectivity index (χ4v) is 3.26. The van der Waals surface area contributed by atoms with Crippen molar-refractivity contribution in [3.05, 3.63) is 47.0 Å². The molecular weight excluding hydrogens is 290 g/mol. The van der Waals surface area contributed by atoms with E-state index in [9.17, 15) is 5.11 Å². The predicted octanol–water partition coefficient (Wildman–Crippen LogP) is 2.29. The zero-order valence-corrected chi connectivity index (χ0v) is 13.7.